The SMILES string of the molecule is CCNC(c1ccoc1)c1cnc(C(F)(F)F)s1. The van der Waals surface area contributed by atoms with Gasteiger partial charge in [0.1, 0.15) is 0 Å². The van der Waals surface area contributed by atoms with E-state index in [-0.39, 0.29) is 6.04 Å². The number of alkyl halides is 3. The molecule has 0 spiro atoms. The van der Waals surface area contributed by atoms with Gasteiger partial charge in [0.05, 0.1) is 18.6 Å². The minimum Gasteiger partial charge on any atom is -0.472 e. The Morgan fingerprint density at radius 2 is 2.28 bits per heavy atom. The predicted molar refractivity (Wildman–Crippen MR) is 61.3 cm³/mol. The molecule has 0 aliphatic heterocycles. The third-order valence-corrected chi connectivity index (χ3v) is 3.44. The lowest BCUT2D eigenvalue weighted by molar-refractivity contribution is -0.137. The van der Waals surface area contributed by atoms with Gasteiger partial charge >= 0.3 is 6.18 Å². The summed E-state index contributed by atoms with van der Waals surface area (Å²) in [6, 6.07) is 1.41. The van der Waals surface area contributed by atoms with Crippen molar-refractivity contribution in [1.82, 2.24) is 10.3 Å². The van der Waals surface area contributed by atoms with E-state index < -0.39 is 11.2 Å². The van der Waals surface area contributed by atoms with Crippen LogP contribution in [0.4, 0.5) is 13.2 Å². The molecule has 98 valence electrons. The molecule has 1 atom stereocenters. The first-order valence-electron chi connectivity index (χ1n) is 5.30. The highest BCUT2D eigenvalue weighted by atomic mass is 32.1. The lowest BCUT2D eigenvalue weighted by Crippen LogP contribution is -2.20. The molecule has 7 heteroatoms. The first-order valence-corrected chi connectivity index (χ1v) is 6.12. The first kappa shape index (κ1) is 13.1. The van der Waals surface area contributed by atoms with E-state index >= 15 is 0 Å². The fourth-order valence-corrected chi connectivity index (χ4v) is 2.46. The molecule has 1 unspecified atom stereocenters. The van der Waals surface area contributed by atoms with E-state index in [2.05, 4.69) is 10.3 Å². The summed E-state index contributed by atoms with van der Waals surface area (Å²) in [5.74, 6) is 0. The number of aromatic nitrogens is 1. The molecule has 2 aromatic heterocycles. The van der Waals surface area contributed by atoms with E-state index in [1.54, 1.807) is 6.07 Å². The third kappa shape index (κ3) is 2.73. The first-order chi connectivity index (χ1) is 8.52. The molecule has 0 fully saturated rings. The zero-order chi connectivity index (χ0) is 13.2. The number of furan rings is 1. The topological polar surface area (TPSA) is 38.1 Å². The van der Waals surface area contributed by atoms with Gasteiger partial charge in [0.15, 0.2) is 5.01 Å². The summed E-state index contributed by atoms with van der Waals surface area (Å²) >= 11 is 0.646. The fourth-order valence-electron chi connectivity index (χ4n) is 1.58. The normalized spacial score (nSPS) is 13.8. The van der Waals surface area contributed by atoms with Gasteiger partial charge in [0.25, 0.3) is 0 Å². The van der Waals surface area contributed by atoms with Crippen LogP contribution in [0.1, 0.15) is 28.4 Å². The highest BCUT2D eigenvalue weighted by molar-refractivity contribution is 7.11. The Morgan fingerprint density at radius 1 is 1.50 bits per heavy atom. The van der Waals surface area contributed by atoms with E-state index in [0.717, 1.165) is 5.56 Å². The van der Waals surface area contributed by atoms with Crippen LogP contribution < -0.4 is 5.32 Å². The Labute approximate surface area is 106 Å². The van der Waals surface area contributed by atoms with Crippen LogP contribution >= 0.6 is 11.3 Å². The molecule has 2 rings (SSSR count). The van der Waals surface area contributed by atoms with Crippen LogP contribution in [0.15, 0.2) is 29.2 Å². The summed E-state index contributed by atoms with van der Waals surface area (Å²) in [5, 5.41) is 2.28. The fraction of sp³-hybridized carbons (Fsp3) is 0.364. The molecule has 2 heterocycles. The van der Waals surface area contributed by atoms with Crippen molar-refractivity contribution in [2.45, 2.75) is 19.1 Å². The van der Waals surface area contributed by atoms with Crippen molar-refractivity contribution in [3.8, 4) is 0 Å². The minimum absolute atomic E-state index is 0.317. The number of hydrogen-bond donors (Lipinski definition) is 1. The molecular formula is C11H11F3N2OS. The van der Waals surface area contributed by atoms with Gasteiger partial charge in [0, 0.05) is 16.6 Å². The van der Waals surface area contributed by atoms with Crippen LogP contribution in [0.3, 0.4) is 0 Å². The highest BCUT2D eigenvalue weighted by Crippen LogP contribution is 2.35. The second kappa shape index (κ2) is 5.11. The number of halogens is 3. The quantitative estimate of drug-likeness (QED) is 0.929. The van der Waals surface area contributed by atoms with Crippen molar-refractivity contribution in [2.75, 3.05) is 6.54 Å². The largest absolute Gasteiger partial charge is 0.472 e. The highest BCUT2D eigenvalue weighted by Gasteiger charge is 2.35. The van der Waals surface area contributed by atoms with Crippen molar-refractivity contribution < 1.29 is 17.6 Å². The van der Waals surface area contributed by atoms with E-state index in [0.29, 0.717) is 22.8 Å². The maximum absolute atomic E-state index is 12.5. The molecule has 0 aromatic carbocycles. The van der Waals surface area contributed by atoms with Crippen LogP contribution in [-0.4, -0.2) is 11.5 Å². The van der Waals surface area contributed by atoms with Gasteiger partial charge in [-0.2, -0.15) is 13.2 Å². The number of rotatable bonds is 4. The van der Waals surface area contributed by atoms with Crippen molar-refractivity contribution in [1.29, 1.82) is 0 Å². The molecule has 2 aromatic rings. The minimum atomic E-state index is -4.39. The molecule has 0 aliphatic rings. The lowest BCUT2D eigenvalue weighted by Gasteiger charge is -2.13. The van der Waals surface area contributed by atoms with Gasteiger partial charge in [-0.25, -0.2) is 4.98 Å². The van der Waals surface area contributed by atoms with E-state index in [4.69, 9.17) is 4.42 Å². The average Bonchev–Trinajstić information content (AvgIpc) is 2.96. The molecule has 0 radical (unpaired) electrons. The maximum Gasteiger partial charge on any atom is 0.443 e. The van der Waals surface area contributed by atoms with E-state index in [1.165, 1.54) is 18.7 Å². The number of hydrogen-bond acceptors (Lipinski definition) is 4. The molecule has 0 saturated heterocycles. The molecule has 0 amide bonds. The van der Waals surface area contributed by atoms with Crippen LogP contribution in [0.25, 0.3) is 0 Å². The van der Waals surface area contributed by atoms with Crippen molar-refractivity contribution in [3.05, 3.63) is 40.2 Å². The third-order valence-electron chi connectivity index (χ3n) is 2.34. The molecule has 3 nitrogen and oxygen atoms in total. The van der Waals surface area contributed by atoms with E-state index in [1.807, 2.05) is 6.92 Å². The molecule has 0 bridgehead atoms. The molecule has 1 N–H and O–H groups in total. The Balaban J connectivity index is 2.29. The maximum atomic E-state index is 12.5. The lowest BCUT2D eigenvalue weighted by atomic mass is 10.1. The Kier molecular flexibility index (Phi) is 3.72. The summed E-state index contributed by atoms with van der Waals surface area (Å²) in [7, 11) is 0. The average molecular weight is 276 g/mol. The molecule has 0 saturated carbocycles. The smallest absolute Gasteiger partial charge is 0.443 e. The van der Waals surface area contributed by atoms with Gasteiger partial charge in [-0.1, -0.05) is 6.92 Å². The van der Waals surface area contributed by atoms with Crippen LogP contribution in [0, 0.1) is 0 Å². The number of nitrogens with zero attached hydrogens (tertiary/aromatic N) is 1. The zero-order valence-electron chi connectivity index (χ0n) is 9.49. The molecule has 0 aliphatic carbocycles. The van der Waals surface area contributed by atoms with Crippen LogP contribution in [0.2, 0.25) is 0 Å². The zero-order valence-corrected chi connectivity index (χ0v) is 10.3. The summed E-state index contributed by atoms with van der Waals surface area (Å²) in [6.45, 7) is 2.52. The van der Waals surface area contributed by atoms with E-state index in [9.17, 15) is 13.2 Å². The second-order valence-electron chi connectivity index (χ2n) is 3.61. The summed E-state index contributed by atoms with van der Waals surface area (Å²) < 4.78 is 42.5. The van der Waals surface area contributed by atoms with Crippen LogP contribution in [0.5, 0.6) is 0 Å². The van der Waals surface area contributed by atoms with Crippen molar-refractivity contribution in [2.24, 2.45) is 0 Å². The summed E-state index contributed by atoms with van der Waals surface area (Å²) in [6.07, 6.45) is -0.129. The second-order valence-corrected chi connectivity index (χ2v) is 4.68. The van der Waals surface area contributed by atoms with Gasteiger partial charge < -0.3 is 9.73 Å². The standard InChI is InChI=1S/C11H11F3N2OS/c1-2-15-9(7-3-4-17-6-7)8-5-16-10(18-8)11(12,13)14/h3-6,9,15H,2H2,1H3. The van der Waals surface area contributed by atoms with Gasteiger partial charge in [-0.15, -0.1) is 11.3 Å². The Hall–Kier alpha value is -1.34. The Morgan fingerprint density at radius 3 is 2.78 bits per heavy atom. The van der Waals surface area contributed by atoms with Gasteiger partial charge in [-0.3, -0.25) is 0 Å². The number of nitrogens with one attached hydrogen (secondary N) is 1. The molecular weight excluding hydrogens is 265 g/mol. The summed E-state index contributed by atoms with van der Waals surface area (Å²) in [4.78, 5) is 3.94. The van der Waals surface area contributed by atoms with Crippen LogP contribution in [-0.2, 0) is 6.18 Å². The van der Waals surface area contributed by atoms with Gasteiger partial charge in [0.2, 0.25) is 0 Å². The summed E-state index contributed by atoms with van der Waals surface area (Å²) in [5.41, 5.74) is 0.786. The Bertz CT molecular complexity index is 493. The number of thiazole rings is 1. The van der Waals surface area contributed by atoms with Gasteiger partial charge in [-0.05, 0) is 12.6 Å². The molecule has 18 heavy (non-hydrogen) atoms. The monoisotopic (exact) mass is 276 g/mol. The predicted octanol–water partition coefficient (Wildman–Crippen LogP) is 3.45. The van der Waals surface area contributed by atoms with Crippen molar-refractivity contribution in [3.63, 3.8) is 0 Å². The van der Waals surface area contributed by atoms with Crippen molar-refractivity contribution >= 4 is 11.3 Å².